The third-order valence-electron chi connectivity index (χ3n) is 5.85. The standard InChI is InChI=1S/C25H29N5O4/c1-3-33-21-12-10-20(11-13-21)29-23(32)18-6-8-19(9-7-18)28-22(31)16-26-25(14-4-5-15-25)24-27-17(2)34-30-24/h6-13,26H,3-5,14-16H2,1-2H3,(H,28,31)(H,29,32). The molecule has 9 nitrogen and oxygen atoms in total. The van der Waals surface area contributed by atoms with Crippen LogP contribution in [0, 0.1) is 6.92 Å². The van der Waals surface area contributed by atoms with Crippen molar-refractivity contribution in [3.8, 4) is 5.75 Å². The maximum atomic E-state index is 12.6. The molecule has 0 aliphatic heterocycles. The van der Waals surface area contributed by atoms with Gasteiger partial charge in [-0.25, -0.2) is 0 Å². The summed E-state index contributed by atoms with van der Waals surface area (Å²) in [4.78, 5) is 29.5. The highest BCUT2D eigenvalue weighted by Gasteiger charge is 2.39. The van der Waals surface area contributed by atoms with E-state index < -0.39 is 5.54 Å². The van der Waals surface area contributed by atoms with Gasteiger partial charge in [-0.05, 0) is 68.3 Å². The summed E-state index contributed by atoms with van der Waals surface area (Å²) in [5.74, 6) is 1.46. The Hall–Kier alpha value is -3.72. The lowest BCUT2D eigenvalue weighted by Gasteiger charge is -2.26. The van der Waals surface area contributed by atoms with E-state index in [9.17, 15) is 9.59 Å². The second-order valence-corrected chi connectivity index (χ2v) is 8.32. The van der Waals surface area contributed by atoms with Crippen molar-refractivity contribution in [3.05, 3.63) is 65.8 Å². The van der Waals surface area contributed by atoms with Crippen LogP contribution in [0.25, 0.3) is 0 Å². The number of hydrogen-bond acceptors (Lipinski definition) is 7. The predicted molar refractivity (Wildman–Crippen MR) is 128 cm³/mol. The topological polar surface area (TPSA) is 118 Å². The maximum absolute atomic E-state index is 12.6. The summed E-state index contributed by atoms with van der Waals surface area (Å²) < 4.78 is 10.6. The van der Waals surface area contributed by atoms with E-state index in [-0.39, 0.29) is 18.4 Å². The quantitative estimate of drug-likeness (QED) is 0.438. The van der Waals surface area contributed by atoms with Gasteiger partial charge in [-0.1, -0.05) is 18.0 Å². The molecule has 0 radical (unpaired) electrons. The van der Waals surface area contributed by atoms with Crippen LogP contribution in [0.3, 0.4) is 0 Å². The molecule has 0 spiro atoms. The zero-order valence-corrected chi connectivity index (χ0v) is 19.4. The van der Waals surface area contributed by atoms with Crippen LogP contribution in [-0.2, 0) is 10.3 Å². The van der Waals surface area contributed by atoms with Gasteiger partial charge in [0.25, 0.3) is 5.91 Å². The maximum Gasteiger partial charge on any atom is 0.255 e. The van der Waals surface area contributed by atoms with Crippen LogP contribution in [-0.4, -0.2) is 35.1 Å². The Bertz CT molecular complexity index is 1120. The first kappa shape index (κ1) is 23.4. The number of carbonyl (C=O) groups excluding carboxylic acids is 2. The van der Waals surface area contributed by atoms with Crippen molar-refractivity contribution in [2.45, 2.75) is 45.1 Å². The number of carbonyl (C=O) groups is 2. The number of aryl methyl sites for hydroxylation is 1. The summed E-state index contributed by atoms with van der Waals surface area (Å²) >= 11 is 0. The largest absolute Gasteiger partial charge is 0.494 e. The van der Waals surface area contributed by atoms with E-state index in [1.54, 1.807) is 55.5 Å². The number of nitrogens with zero attached hydrogens (tertiary/aromatic N) is 2. The van der Waals surface area contributed by atoms with Gasteiger partial charge < -0.3 is 19.9 Å². The van der Waals surface area contributed by atoms with E-state index in [1.807, 2.05) is 6.92 Å². The van der Waals surface area contributed by atoms with Crippen molar-refractivity contribution >= 4 is 23.2 Å². The first-order valence-electron chi connectivity index (χ1n) is 11.5. The number of nitrogens with one attached hydrogen (secondary N) is 3. The van der Waals surface area contributed by atoms with Crippen LogP contribution in [0.1, 0.15) is 54.7 Å². The Morgan fingerprint density at radius 2 is 1.65 bits per heavy atom. The molecular formula is C25H29N5O4. The molecule has 34 heavy (non-hydrogen) atoms. The van der Waals surface area contributed by atoms with Crippen LogP contribution in [0.2, 0.25) is 0 Å². The van der Waals surface area contributed by atoms with Crippen LogP contribution < -0.4 is 20.7 Å². The first-order valence-corrected chi connectivity index (χ1v) is 11.5. The zero-order valence-electron chi connectivity index (χ0n) is 19.4. The highest BCUT2D eigenvalue weighted by Crippen LogP contribution is 2.37. The SMILES string of the molecule is CCOc1ccc(NC(=O)c2ccc(NC(=O)CNC3(c4noc(C)n4)CCCC3)cc2)cc1. The van der Waals surface area contributed by atoms with E-state index in [2.05, 4.69) is 26.1 Å². The van der Waals surface area contributed by atoms with Crippen LogP contribution in [0.5, 0.6) is 5.75 Å². The summed E-state index contributed by atoms with van der Waals surface area (Å²) in [7, 11) is 0. The fraction of sp³-hybridized carbons (Fsp3) is 0.360. The van der Waals surface area contributed by atoms with E-state index in [0.29, 0.717) is 35.3 Å². The monoisotopic (exact) mass is 463 g/mol. The van der Waals surface area contributed by atoms with Gasteiger partial charge in [0.05, 0.1) is 18.7 Å². The second kappa shape index (κ2) is 10.5. The normalized spacial score (nSPS) is 14.5. The molecule has 1 fully saturated rings. The number of amides is 2. The van der Waals surface area contributed by atoms with Crippen molar-refractivity contribution in [1.82, 2.24) is 15.5 Å². The molecule has 2 aromatic carbocycles. The van der Waals surface area contributed by atoms with Gasteiger partial charge in [0.1, 0.15) is 5.75 Å². The lowest BCUT2D eigenvalue weighted by molar-refractivity contribution is -0.115. The molecule has 178 valence electrons. The van der Waals surface area contributed by atoms with Gasteiger partial charge in [0.15, 0.2) is 5.82 Å². The predicted octanol–water partition coefficient (Wildman–Crippen LogP) is 4.03. The smallest absolute Gasteiger partial charge is 0.255 e. The van der Waals surface area contributed by atoms with Gasteiger partial charge in [0.2, 0.25) is 11.8 Å². The van der Waals surface area contributed by atoms with Crippen molar-refractivity contribution in [2.24, 2.45) is 0 Å². The lowest BCUT2D eigenvalue weighted by atomic mass is 9.96. The summed E-state index contributed by atoms with van der Waals surface area (Å²) in [6.07, 6.45) is 3.81. The highest BCUT2D eigenvalue weighted by molar-refractivity contribution is 6.04. The molecule has 0 bridgehead atoms. The first-order chi connectivity index (χ1) is 16.5. The third kappa shape index (κ3) is 5.60. The minimum atomic E-state index is -0.433. The second-order valence-electron chi connectivity index (χ2n) is 8.32. The molecule has 3 N–H and O–H groups in total. The number of anilines is 2. The van der Waals surface area contributed by atoms with Crippen molar-refractivity contribution in [2.75, 3.05) is 23.8 Å². The Labute approximate surface area is 198 Å². The Kier molecular flexibility index (Phi) is 7.22. The van der Waals surface area contributed by atoms with Crippen LogP contribution in [0.15, 0.2) is 53.1 Å². The zero-order chi connectivity index (χ0) is 24.0. The molecular weight excluding hydrogens is 434 g/mol. The van der Waals surface area contributed by atoms with Gasteiger partial charge >= 0.3 is 0 Å². The minimum absolute atomic E-state index is 0.119. The Morgan fingerprint density at radius 1 is 1.00 bits per heavy atom. The van der Waals surface area contributed by atoms with Gasteiger partial charge in [0, 0.05) is 23.9 Å². The summed E-state index contributed by atoms with van der Waals surface area (Å²) in [6, 6.07) is 14.0. The Morgan fingerprint density at radius 3 is 2.26 bits per heavy atom. The summed E-state index contributed by atoms with van der Waals surface area (Å²) in [5.41, 5.74) is 1.34. The van der Waals surface area contributed by atoms with Crippen LogP contribution in [0.4, 0.5) is 11.4 Å². The van der Waals surface area contributed by atoms with Gasteiger partial charge in [-0.3, -0.25) is 14.9 Å². The van der Waals surface area contributed by atoms with Gasteiger partial charge in [-0.2, -0.15) is 4.98 Å². The fourth-order valence-corrected chi connectivity index (χ4v) is 4.12. The summed E-state index contributed by atoms with van der Waals surface area (Å²) in [5, 5.41) is 13.1. The van der Waals surface area contributed by atoms with E-state index in [1.165, 1.54) is 0 Å². The Balaban J connectivity index is 1.30. The highest BCUT2D eigenvalue weighted by atomic mass is 16.5. The number of rotatable bonds is 9. The molecule has 0 saturated heterocycles. The molecule has 2 amide bonds. The molecule has 9 heteroatoms. The van der Waals surface area contributed by atoms with Crippen molar-refractivity contribution in [3.63, 3.8) is 0 Å². The number of hydrogen-bond donors (Lipinski definition) is 3. The van der Waals surface area contributed by atoms with Crippen molar-refractivity contribution in [1.29, 1.82) is 0 Å². The molecule has 1 saturated carbocycles. The third-order valence-corrected chi connectivity index (χ3v) is 5.85. The van der Waals surface area contributed by atoms with Crippen LogP contribution >= 0.6 is 0 Å². The molecule has 4 rings (SSSR count). The summed E-state index contributed by atoms with van der Waals surface area (Å²) in [6.45, 7) is 4.38. The van der Waals surface area contributed by atoms with E-state index in [0.717, 1.165) is 31.4 Å². The molecule has 0 atom stereocenters. The molecule has 3 aromatic rings. The average molecular weight is 464 g/mol. The van der Waals surface area contributed by atoms with E-state index in [4.69, 9.17) is 9.26 Å². The lowest BCUT2D eigenvalue weighted by Crippen LogP contribution is -2.44. The number of benzene rings is 2. The fourth-order valence-electron chi connectivity index (χ4n) is 4.12. The molecule has 0 unspecified atom stereocenters. The number of ether oxygens (including phenoxy) is 1. The van der Waals surface area contributed by atoms with Gasteiger partial charge in [-0.15, -0.1) is 0 Å². The molecule has 1 aliphatic rings. The molecule has 1 aliphatic carbocycles. The molecule has 1 aromatic heterocycles. The van der Waals surface area contributed by atoms with E-state index >= 15 is 0 Å². The van der Waals surface area contributed by atoms with Crippen molar-refractivity contribution < 1.29 is 18.8 Å². The minimum Gasteiger partial charge on any atom is -0.494 e. The number of aromatic nitrogens is 2. The molecule has 1 heterocycles. The average Bonchev–Trinajstić information content (AvgIpc) is 3.50.